The van der Waals surface area contributed by atoms with Crippen molar-refractivity contribution in [2.75, 3.05) is 18.6 Å². The fraction of sp³-hybridized carbons (Fsp3) is 0.917. The minimum atomic E-state index is 0.146. The normalized spacial score (nSPS) is 12.8. The largest absolute Gasteiger partial charge is 0.352 e. The van der Waals surface area contributed by atoms with Gasteiger partial charge >= 0.3 is 0 Å². The van der Waals surface area contributed by atoms with Gasteiger partial charge in [0, 0.05) is 19.0 Å². The second kappa shape index (κ2) is 9.97. The van der Waals surface area contributed by atoms with Gasteiger partial charge in [-0.1, -0.05) is 13.8 Å². The summed E-state index contributed by atoms with van der Waals surface area (Å²) in [6.07, 6.45) is 5.78. The van der Waals surface area contributed by atoms with Crippen LogP contribution in [0.3, 0.4) is 0 Å². The van der Waals surface area contributed by atoms with Crippen LogP contribution in [0.4, 0.5) is 0 Å². The third-order valence-corrected chi connectivity index (χ3v) is 3.10. The van der Waals surface area contributed by atoms with Gasteiger partial charge in [0.15, 0.2) is 0 Å². The number of nitrogens with two attached hydrogens (primary N) is 1. The van der Waals surface area contributed by atoms with E-state index in [1.165, 1.54) is 0 Å². The molecule has 0 aromatic heterocycles. The molecule has 4 heteroatoms. The van der Waals surface area contributed by atoms with Gasteiger partial charge in [0.05, 0.1) is 0 Å². The van der Waals surface area contributed by atoms with Crippen LogP contribution in [0.2, 0.25) is 0 Å². The van der Waals surface area contributed by atoms with Gasteiger partial charge in [-0.3, -0.25) is 4.79 Å². The molecule has 0 bridgehead atoms. The Labute approximate surface area is 104 Å². The molecule has 0 radical (unpaired) electrons. The molecule has 0 aromatic carbocycles. The number of carbonyl (C=O) groups is 1. The number of hydrogen-bond donors (Lipinski definition) is 2. The Hall–Kier alpha value is -0.220. The first kappa shape index (κ1) is 15.8. The van der Waals surface area contributed by atoms with Gasteiger partial charge in [-0.25, -0.2) is 0 Å². The van der Waals surface area contributed by atoms with E-state index in [1.807, 2.05) is 11.8 Å². The summed E-state index contributed by atoms with van der Waals surface area (Å²) in [7, 11) is 0. The quantitative estimate of drug-likeness (QED) is 0.612. The van der Waals surface area contributed by atoms with E-state index < -0.39 is 0 Å². The van der Waals surface area contributed by atoms with E-state index in [2.05, 4.69) is 25.4 Å². The SMILES string of the molecule is CSCCCCC(=O)NC(CN)CC(C)C. The molecular weight excluding hydrogens is 220 g/mol. The predicted octanol–water partition coefficient (Wildman–Crippen LogP) is 2.01. The molecule has 3 nitrogen and oxygen atoms in total. The van der Waals surface area contributed by atoms with Gasteiger partial charge in [-0.15, -0.1) is 0 Å². The fourth-order valence-electron chi connectivity index (χ4n) is 1.61. The molecule has 0 saturated carbocycles. The molecule has 0 aliphatic heterocycles. The third kappa shape index (κ3) is 9.04. The molecule has 1 amide bonds. The number of rotatable bonds is 9. The van der Waals surface area contributed by atoms with Crippen molar-refractivity contribution in [3.8, 4) is 0 Å². The summed E-state index contributed by atoms with van der Waals surface area (Å²) < 4.78 is 0. The summed E-state index contributed by atoms with van der Waals surface area (Å²) in [6, 6.07) is 0.146. The summed E-state index contributed by atoms with van der Waals surface area (Å²) in [5.74, 6) is 1.86. The fourth-order valence-corrected chi connectivity index (χ4v) is 2.11. The summed E-state index contributed by atoms with van der Waals surface area (Å²) in [4.78, 5) is 11.6. The molecule has 0 heterocycles. The average Bonchev–Trinajstić information content (AvgIpc) is 2.23. The molecule has 16 heavy (non-hydrogen) atoms. The highest BCUT2D eigenvalue weighted by Crippen LogP contribution is 2.05. The second-order valence-corrected chi connectivity index (χ2v) is 5.57. The van der Waals surface area contributed by atoms with Crippen molar-refractivity contribution in [2.24, 2.45) is 11.7 Å². The Morgan fingerprint density at radius 1 is 1.38 bits per heavy atom. The van der Waals surface area contributed by atoms with Crippen molar-refractivity contribution in [1.82, 2.24) is 5.32 Å². The molecule has 0 rings (SSSR count). The van der Waals surface area contributed by atoms with Gasteiger partial charge in [0.2, 0.25) is 5.91 Å². The smallest absolute Gasteiger partial charge is 0.220 e. The van der Waals surface area contributed by atoms with E-state index in [4.69, 9.17) is 5.73 Å². The maximum atomic E-state index is 11.6. The Morgan fingerprint density at radius 3 is 2.56 bits per heavy atom. The zero-order valence-electron chi connectivity index (χ0n) is 10.8. The van der Waals surface area contributed by atoms with Crippen LogP contribution in [0.1, 0.15) is 39.5 Å². The Balaban J connectivity index is 3.66. The Bertz CT molecular complexity index is 186. The number of carbonyl (C=O) groups excluding carboxylic acids is 1. The molecule has 0 aromatic rings. The number of thioether (sulfide) groups is 1. The lowest BCUT2D eigenvalue weighted by atomic mass is 10.0. The van der Waals surface area contributed by atoms with E-state index in [0.29, 0.717) is 18.9 Å². The van der Waals surface area contributed by atoms with Crippen molar-refractivity contribution in [3.63, 3.8) is 0 Å². The van der Waals surface area contributed by atoms with E-state index in [1.54, 1.807) is 0 Å². The van der Waals surface area contributed by atoms with Crippen molar-refractivity contribution < 1.29 is 4.79 Å². The van der Waals surface area contributed by atoms with Crippen LogP contribution in [-0.2, 0) is 4.79 Å². The molecule has 1 unspecified atom stereocenters. The molecular formula is C12H26N2OS. The van der Waals surface area contributed by atoms with Crippen LogP contribution in [0.15, 0.2) is 0 Å². The molecule has 1 atom stereocenters. The lowest BCUT2D eigenvalue weighted by Crippen LogP contribution is -2.40. The minimum Gasteiger partial charge on any atom is -0.352 e. The van der Waals surface area contributed by atoms with E-state index in [0.717, 1.165) is 25.0 Å². The summed E-state index contributed by atoms with van der Waals surface area (Å²) in [5, 5.41) is 3.00. The van der Waals surface area contributed by atoms with Gasteiger partial charge in [-0.05, 0) is 37.2 Å². The number of amides is 1. The summed E-state index contributed by atoms with van der Waals surface area (Å²) in [6.45, 7) is 4.83. The molecule has 0 aliphatic rings. The maximum Gasteiger partial charge on any atom is 0.220 e. The average molecular weight is 246 g/mol. The molecule has 0 spiro atoms. The topological polar surface area (TPSA) is 55.1 Å². The molecule has 0 fully saturated rings. The molecule has 96 valence electrons. The van der Waals surface area contributed by atoms with Crippen LogP contribution in [-0.4, -0.2) is 30.5 Å². The van der Waals surface area contributed by atoms with Crippen molar-refractivity contribution in [2.45, 2.75) is 45.6 Å². The standard InChI is InChI=1S/C12H26N2OS/c1-10(2)8-11(9-13)14-12(15)6-4-5-7-16-3/h10-11H,4-9,13H2,1-3H3,(H,14,15). The van der Waals surface area contributed by atoms with Gasteiger partial charge in [0.25, 0.3) is 0 Å². The number of hydrogen-bond acceptors (Lipinski definition) is 3. The summed E-state index contributed by atoms with van der Waals surface area (Å²) >= 11 is 1.83. The monoisotopic (exact) mass is 246 g/mol. The maximum absolute atomic E-state index is 11.6. The second-order valence-electron chi connectivity index (χ2n) is 4.58. The zero-order chi connectivity index (χ0) is 12.4. The van der Waals surface area contributed by atoms with E-state index in [-0.39, 0.29) is 11.9 Å². The number of unbranched alkanes of at least 4 members (excludes halogenated alkanes) is 1. The van der Waals surface area contributed by atoms with Crippen LogP contribution < -0.4 is 11.1 Å². The van der Waals surface area contributed by atoms with Crippen LogP contribution in [0, 0.1) is 5.92 Å². The lowest BCUT2D eigenvalue weighted by Gasteiger charge is -2.18. The van der Waals surface area contributed by atoms with Crippen molar-refractivity contribution in [1.29, 1.82) is 0 Å². The highest BCUT2D eigenvalue weighted by molar-refractivity contribution is 7.98. The minimum absolute atomic E-state index is 0.146. The highest BCUT2D eigenvalue weighted by Gasteiger charge is 2.11. The first-order valence-corrected chi connectivity index (χ1v) is 7.47. The Morgan fingerprint density at radius 2 is 2.06 bits per heavy atom. The lowest BCUT2D eigenvalue weighted by molar-refractivity contribution is -0.121. The molecule has 0 saturated heterocycles. The summed E-state index contributed by atoms with van der Waals surface area (Å²) in [5.41, 5.74) is 5.63. The van der Waals surface area contributed by atoms with Gasteiger partial charge in [-0.2, -0.15) is 11.8 Å². The van der Waals surface area contributed by atoms with Crippen LogP contribution >= 0.6 is 11.8 Å². The van der Waals surface area contributed by atoms with Gasteiger partial charge < -0.3 is 11.1 Å². The van der Waals surface area contributed by atoms with Crippen LogP contribution in [0.5, 0.6) is 0 Å². The highest BCUT2D eigenvalue weighted by atomic mass is 32.2. The molecule has 0 aliphatic carbocycles. The first-order valence-electron chi connectivity index (χ1n) is 6.08. The van der Waals surface area contributed by atoms with Crippen molar-refractivity contribution >= 4 is 17.7 Å². The third-order valence-electron chi connectivity index (χ3n) is 2.41. The van der Waals surface area contributed by atoms with Crippen LogP contribution in [0.25, 0.3) is 0 Å². The first-order chi connectivity index (χ1) is 7.60. The number of nitrogens with one attached hydrogen (secondary N) is 1. The molecule has 3 N–H and O–H groups in total. The van der Waals surface area contributed by atoms with Crippen molar-refractivity contribution in [3.05, 3.63) is 0 Å². The Kier molecular flexibility index (Phi) is 9.83. The predicted molar refractivity (Wildman–Crippen MR) is 72.7 cm³/mol. The van der Waals surface area contributed by atoms with E-state index in [9.17, 15) is 4.79 Å². The zero-order valence-corrected chi connectivity index (χ0v) is 11.6. The van der Waals surface area contributed by atoms with Gasteiger partial charge in [0.1, 0.15) is 0 Å². The van der Waals surface area contributed by atoms with E-state index >= 15 is 0 Å².